The van der Waals surface area contributed by atoms with Gasteiger partial charge in [-0.1, -0.05) is 35.4 Å². The first-order valence-corrected chi connectivity index (χ1v) is 9.63. The molecule has 0 aliphatic carbocycles. The molecule has 0 radical (unpaired) electrons. The SMILES string of the molecule is COc1ccc(C(=O)Nc2c(C)cc(C)cc2C)cc1COc1ccc(C)cc1. The highest BCUT2D eigenvalue weighted by Crippen LogP contribution is 2.25. The highest BCUT2D eigenvalue weighted by molar-refractivity contribution is 6.05. The lowest BCUT2D eigenvalue weighted by molar-refractivity contribution is 0.102. The van der Waals surface area contributed by atoms with Gasteiger partial charge in [-0.15, -0.1) is 0 Å². The molecule has 0 aromatic heterocycles. The van der Waals surface area contributed by atoms with E-state index in [9.17, 15) is 4.79 Å². The summed E-state index contributed by atoms with van der Waals surface area (Å²) >= 11 is 0. The standard InChI is InChI=1S/C25H27NO3/c1-16-6-9-22(10-7-16)29-15-21-14-20(8-11-23(21)28-5)25(27)26-24-18(3)12-17(2)13-19(24)4/h6-14H,15H2,1-5H3,(H,26,27). The fourth-order valence-corrected chi connectivity index (χ4v) is 3.39. The minimum atomic E-state index is -0.153. The molecule has 0 saturated carbocycles. The van der Waals surface area contributed by atoms with Crippen LogP contribution >= 0.6 is 0 Å². The number of hydrogen-bond donors (Lipinski definition) is 1. The highest BCUT2D eigenvalue weighted by atomic mass is 16.5. The zero-order valence-corrected chi connectivity index (χ0v) is 17.6. The molecule has 0 saturated heterocycles. The van der Waals surface area contributed by atoms with Crippen molar-refractivity contribution in [3.05, 3.63) is 88.0 Å². The number of hydrogen-bond acceptors (Lipinski definition) is 3. The van der Waals surface area contributed by atoms with Crippen molar-refractivity contribution in [1.82, 2.24) is 0 Å². The van der Waals surface area contributed by atoms with Crippen LogP contribution < -0.4 is 14.8 Å². The van der Waals surface area contributed by atoms with E-state index in [-0.39, 0.29) is 5.91 Å². The van der Waals surface area contributed by atoms with E-state index >= 15 is 0 Å². The van der Waals surface area contributed by atoms with E-state index < -0.39 is 0 Å². The minimum absolute atomic E-state index is 0.153. The lowest BCUT2D eigenvalue weighted by atomic mass is 10.0. The molecule has 0 fully saturated rings. The second-order valence-electron chi connectivity index (χ2n) is 7.36. The summed E-state index contributed by atoms with van der Waals surface area (Å²) in [6.07, 6.45) is 0. The number of anilines is 1. The van der Waals surface area contributed by atoms with Crippen molar-refractivity contribution in [3.8, 4) is 11.5 Å². The highest BCUT2D eigenvalue weighted by Gasteiger charge is 2.13. The van der Waals surface area contributed by atoms with Crippen LogP contribution in [0.2, 0.25) is 0 Å². The average molecular weight is 389 g/mol. The molecule has 1 N–H and O–H groups in total. The number of ether oxygens (including phenoxy) is 2. The second-order valence-corrected chi connectivity index (χ2v) is 7.36. The predicted molar refractivity (Wildman–Crippen MR) is 117 cm³/mol. The number of rotatable bonds is 6. The van der Waals surface area contributed by atoms with E-state index in [1.54, 1.807) is 19.2 Å². The summed E-state index contributed by atoms with van der Waals surface area (Å²) in [4.78, 5) is 12.9. The maximum Gasteiger partial charge on any atom is 0.255 e. The monoisotopic (exact) mass is 389 g/mol. The lowest BCUT2D eigenvalue weighted by Gasteiger charge is -2.15. The molecule has 0 bridgehead atoms. The fraction of sp³-hybridized carbons (Fsp3) is 0.240. The Morgan fingerprint density at radius 1 is 0.862 bits per heavy atom. The molecule has 0 atom stereocenters. The maximum absolute atomic E-state index is 12.9. The van der Waals surface area contributed by atoms with E-state index in [4.69, 9.17) is 9.47 Å². The summed E-state index contributed by atoms with van der Waals surface area (Å²) in [5.41, 5.74) is 6.69. The van der Waals surface area contributed by atoms with Crippen molar-refractivity contribution in [2.45, 2.75) is 34.3 Å². The number of amides is 1. The molecule has 3 aromatic rings. The van der Waals surface area contributed by atoms with Crippen LogP contribution in [0.1, 0.15) is 38.2 Å². The van der Waals surface area contributed by atoms with Gasteiger partial charge in [0.05, 0.1) is 7.11 Å². The topological polar surface area (TPSA) is 47.6 Å². The molecule has 1 amide bonds. The van der Waals surface area contributed by atoms with Crippen molar-refractivity contribution < 1.29 is 14.3 Å². The first-order valence-electron chi connectivity index (χ1n) is 9.63. The van der Waals surface area contributed by atoms with Crippen LogP contribution in [0.3, 0.4) is 0 Å². The first-order chi connectivity index (χ1) is 13.9. The summed E-state index contributed by atoms with van der Waals surface area (Å²) in [5.74, 6) is 1.31. The van der Waals surface area contributed by atoms with Crippen molar-refractivity contribution in [1.29, 1.82) is 0 Å². The second kappa shape index (κ2) is 8.82. The van der Waals surface area contributed by atoms with Crippen LogP contribution in [0.4, 0.5) is 5.69 Å². The summed E-state index contributed by atoms with van der Waals surface area (Å²) in [6.45, 7) is 8.41. The summed E-state index contributed by atoms with van der Waals surface area (Å²) < 4.78 is 11.3. The Morgan fingerprint density at radius 2 is 1.52 bits per heavy atom. The van der Waals surface area contributed by atoms with Gasteiger partial charge in [-0.3, -0.25) is 4.79 Å². The Bertz CT molecular complexity index is 1000. The molecule has 0 aliphatic rings. The minimum Gasteiger partial charge on any atom is -0.496 e. The Morgan fingerprint density at radius 3 is 2.14 bits per heavy atom. The third-order valence-electron chi connectivity index (χ3n) is 4.87. The van der Waals surface area contributed by atoms with Crippen molar-refractivity contribution >= 4 is 11.6 Å². The van der Waals surface area contributed by atoms with Gasteiger partial charge in [0, 0.05) is 16.8 Å². The largest absolute Gasteiger partial charge is 0.496 e. The van der Waals surface area contributed by atoms with Crippen LogP contribution in [0.5, 0.6) is 11.5 Å². The van der Waals surface area contributed by atoms with Gasteiger partial charge in [0.15, 0.2) is 0 Å². The molecule has 0 aliphatic heterocycles. The van der Waals surface area contributed by atoms with Gasteiger partial charge in [0.2, 0.25) is 0 Å². The van der Waals surface area contributed by atoms with Crippen LogP contribution in [-0.2, 0) is 6.61 Å². The maximum atomic E-state index is 12.9. The van der Waals surface area contributed by atoms with Gasteiger partial charge in [0.25, 0.3) is 5.91 Å². The van der Waals surface area contributed by atoms with E-state index in [1.807, 2.05) is 51.1 Å². The summed E-state index contributed by atoms with van der Waals surface area (Å²) in [6, 6.07) is 17.4. The molecule has 0 spiro atoms. The zero-order valence-electron chi connectivity index (χ0n) is 17.6. The predicted octanol–water partition coefficient (Wildman–Crippen LogP) is 5.76. The summed E-state index contributed by atoms with van der Waals surface area (Å²) in [5, 5.41) is 3.05. The lowest BCUT2D eigenvalue weighted by Crippen LogP contribution is -2.14. The smallest absolute Gasteiger partial charge is 0.255 e. The van der Waals surface area contributed by atoms with Crippen LogP contribution in [0.15, 0.2) is 54.6 Å². The molecule has 3 rings (SSSR count). The Labute approximate surface area is 172 Å². The quantitative estimate of drug-likeness (QED) is 0.583. The molecule has 3 aromatic carbocycles. The van der Waals surface area contributed by atoms with Gasteiger partial charge in [0.1, 0.15) is 18.1 Å². The number of nitrogens with one attached hydrogen (secondary N) is 1. The molecule has 4 heteroatoms. The van der Waals surface area contributed by atoms with Gasteiger partial charge >= 0.3 is 0 Å². The fourth-order valence-electron chi connectivity index (χ4n) is 3.39. The van der Waals surface area contributed by atoms with Gasteiger partial charge < -0.3 is 14.8 Å². The normalized spacial score (nSPS) is 10.5. The van der Waals surface area contributed by atoms with Crippen molar-refractivity contribution in [3.63, 3.8) is 0 Å². The van der Waals surface area contributed by atoms with Crippen molar-refractivity contribution in [2.75, 3.05) is 12.4 Å². The first kappa shape index (κ1) is 20.5. The van der Waals surface area contributed by atoms with Crippen molar-refractivity contribution in [2.24, 2.45) is 0 Å². The molecule has 0 unspecified atom stereocenters. The molecular weight excluding hydrogens is 362 g/mol. The van der Waals surface area contributed by atoms with Crippen LogP contribution in [0.25, 0.3) is 0 Å². The van der Waals surface area contributed by atoms with Gasteiger partial charge in [-0.25, -0.2) is 0 Å². The van der Waals surface area contributed by atoms with E-state index in [0.717, 1.165) is 28.1 Å². The molecule has 0 heterocycles. The number of aryl methyl sites for hydroxylation is 4. The molecule has 150 valence electrons. The van der Waals surface area contributed by atoms with E-state index in [0.29, 0.717) is 17.9 Å². The van der Waals surface area contributed by atoms with E-state index in [1.165, 1.54) is 11.1 Å². The van der Waals surface area contributed by atoms with E-state index in [2.05, 4.69) is 24.4 Å². The van der Waals surface area contributed by atoms with Crippen LogP contribution in [-0.4, -0.2) is 13.0 Å². The third-order valence-corrected chi connectivity index (χ3v) is 4.87. The molecular formula is C25H27NO3. The van der Waals surface area contributed by atoms with Crippen LogP contribution in [0, 0.1) is 27.7 Å². The Kier molecular flexibility index (Phi) is 6.23. The Hall–Kier alpha value is -3.27. The zero-order chi connectivity index (χ0) is 21.0. The summed E-state index contributed by atoms with van der Waals surface area (Å²) in [7, 11) is 1.61. The third kappa shape index (κ3) is 4.96. The average Bonchev–Trinajstić information content (AvgIpc) is 2.69. The number of carbonyl (C=O) groups excluding carboxylic acids is 1. The molecule has 4 nitrogen and oxygen atoms in total. The number of methoxy groups -OCH3 is 1. The Balaban J connectivity index is 1.80. The van der Waals surface area contributed by atoms with Gasteiger partial charge in [-0.05, 0) is 69.2 Å². The number of carbonyl (C=O) groups is 1. The molecule has 29 heavy (non-hydrogen) atoms. The number of benzene rings is 3. The van der Waals surface area contributed by atoms with Gasteiger partial charge in [-0.2, -0.15) is 0 Å².